The van der Waals surface area contributed by atoms with Crippen LogP contribution in [-0.4, -0.2) is 18.8 Å². The average Bonchev–Trinajstić information content (AvgIpc) is 2.50. The summed E-state index contributed by atoms with van der Waals surface area (Å²) in [5.74, 6) is 1.68. The van der Waals surface area contributed by atoms with Crippen molar-refractivity contribution in [1.82, 2.24) is 0 Å². The van der Waals surface area contributed by atoms with Gasteiger partial charge in [0, 0.05) is 6.61 Å². The summed E-state index contributed by atoms with van der Waals surface area (Å²) >= 11 is 0. The van der Waals surface area contributed by atoms with Crippen molar-refractivity contribution >= 4 is 0 Å². The number of hydrogen-bond donors (Lipinski definition) is 1. The Hall–Kier alpha value is -1.06. The third kappa shape index (κ3) is 3.78. The van der Waals surface area contributed by atoms with Gasteiger partial charge in [-0.05, 0) is 63.1 Å². The molecule has 1 aromatic rings. The first-order valence-corrected chi connectivity index (χ1v) is 8.23. The molecule has 0 radical (unpaired) electrons. The van der Waals surface area contributed by atoms with E-state index in [1.807, 2.05) is 19.1 Å². The SMILES string of the molecule is CCOc1ccc(C(N)C2(OCC)CCC(C)CC2)cc1. The van der Waals surface area contributed by atoms with Gasteiger partial charge in [-0.25, -0.2) is 0 Å². The normalized spacial score (nSPS) is 27.3. The van der Waals surface area contributed by atoms with E-state index in [-0.39, 0.29) is 11.6 Å². The van der Waals surface area contributed by atoms with Gasteiger partial charge in [0.15, 0.2) is 0 Å². The number of nitrogens with two attached hydrogens (primary N) is 1. The van der Waals surface area contributed by atoms with Gasteiger partial charge >= 0.3 is 0 Å². The molecule has 1 saturated carbocycles. The molecular weight excluding hydrogens is 262 g/mol. The highest BCUT2D eigenvalue weighted by atomic mass is 16.5. The van der Waals surface area contributed by atoms with Crippen molar-refractivity contribution in [3.63, 3.8) is 0 Å². The molecule has 118 valence electrons. The van der Waals surface area contributed by atoms with Gasteiger partial charge in [-0.3, -0.25) is 0 Å². The molecule has 1 aliphatic carbocycles. The van der Waals surface area contributed by atoms with Crippen LogP contribution in [0.3, 0.4) is 0 Å². The van der Waals surface area contributed by atoms with Crippen LogP contribution in [-0.2, 0) is 4.74 Å². The lowest BCUT2D eigenvalue weighted by atomic mass is 9.73. The van der Waals surface area contributed by atoms with Gasteiger partial charge in [-0.2, -0.15) is 0 Å². The Morgan fingerprint density at radius 2 is 1.76 bits per heavy atom. The molecule has 0 saturated heterocycles. The van der Waals surface area contributed by atoms with Crippen LogP contribution < -0.4 is 10.5 Å². The molecule has 2 N–H and O–H groups in total. The van der Waals surface area contributed by atoms with Crippen LogP contribution in [0.5, 0.6) is 5.75 Å². The molecule has 21 heavy (non-hydrogen) atoms. The second kappa shape index (κ2) is 7.28. The topological polar surface area (TPSA) is 44.5 Å². The fraction of sp³-hybridized carbons (Fsp3) is 0.667. The summed E-state index contributed by atoms with van der Waals surface area (Å²) in [5, 5.41) is 0. The molecule has 1 fully saturated rings. The molecular formula is C18H29NO2. The van der Waals surface area contributed by atoms with Gasteiger partial charge in [0.05, 0.1) is 18.2 Å². The van der Waals surface area contributed by atoms with Crippen molar-refractivity contribution in [3.05, 3.63) is 29.8 Å². The Labute approximate surface area is 128 Å². The summed E-state index contributed by atoms with van der Waals surface area (Å²) in [5.41, 5.74) is 7.53. The van der Waals surface area contributed by atoms with Crippen LogP contribution in [0.25, 0.3) is 0 Å². The van der Waals surface area contributed by atoms with Gasteiger partial charge in [-0.1, -0.05) is 19.1 Å². The molecule has 0 spiro atoms. The van der Waals surface area contributed by atoms with E-state index in [2.05, 4.69) is 26.0 Å². The lowest BCUT2D eigenvalue weighted by Crippen LogP contribution is -2.46. The maximum Gasteiger partial charge on any atom is 0.119 e. The van der Waals surface area contributed by atoms with Gasteiger partial charge in [0.2, 0.25) is 0 Å². The molecule has 1 unspecified atom stereocenters. The first-order chi connectivity index (χ1) is 10.1. The van der Waals surface area contributed by atoms with Crippen LogP contribution in [0.15, 0.2) is 24.3 Å². The Morgan fingerprint density at radius 3 is 2.29 bits per heavy atom. The lowest BCUT2D eigenvalue weighted by molar-refractivity contribution is -0.0896. The summed E-state index contributed by atoms with van der Waals surface area (Å²) in [6.45, 7) is 7.78. The molecule has 1 aliphatic rings. The number of benzene rings is 1. The molecule has 1 atom stereocenters. The number of hydrogen-bond acceptors (Lipinski definition) is 3. The van der Waals surface area contributed by atoms with Crippen molar-refractivity contribution in [1.29, 1.82) is 0 Å². The van der Waals surface area contributed by atoms with E-state index >= 15 is 0 Å². The standard InChI is InChI=1S/C18H29NO2/c1-4-20-16-8-6-15(7-9-16)17(19)18(21-5-2)12-10-14(3)11-13-18/h6-9,14,17H,4-5,10-13,19H2,1-3H3. The van der Waals surface area contributed by atoms with E-state index < -0.39 is 0 Å². The Bertz CT molecular complexity index is 421. The molecule has 3 heteroatoms. The largest absolute Gasteiger partial charge is 0.494 e. The van der Waals surface area contributed by atoms with Crippen LogP contribution in [0.4, 0.5) is 0 Å². The van der Waals surface area contributed by atoms with E-state index in [0.29, 0.717) is 6.61 Å². The summed E-state index contributed by atoms with van der Waals surface area (Å²) in [4.78, 5) is 0. The van der Waals surface area contributed by atoms with Gasteiger partial charge in [0.1, 0.15) is 5.75 Å². The molecule has 0 aliphatic heterocycles. The highest BCUT2D eigenvalue weighted by Crippen LogP contribution is 2.42. The molecule has 2 rings (SSSR count). The Kier molecular flexibility index (Phi) is 5.65. The van der Waals surface area contributed by atoms with Crippen molar-refractivity contribution in [2.24, 2.45) is 11.7 Å². The summed E-state index contributed by atoms with van der Waals surface area (Å²) in [6, 6.07) is 8.09. The predicted octanol–water partition coefficient (Wildman–Crippen LogP) is 4.07. The molecule has 0 bridgehead atoms. The number of ether oxygens (including phenoxy) is 2. The minimum Gasteiger partial charge on any atom is -0.494 e. The van der Waals surface area contributed by atoms with Crippen LogP contribution in [0.2, 0.25) is 0 Å². The summed E-state index contributed by atoms with van der Waals surface area (Å²) < 4.78 is 11.7. The lowest BCUT2D eigenvalue weighted by Gasteiger charge is -2.43. The minimum absolute atomic E-state index is 0.0689. The molecule has 3 nitrogen and oxygen atoms in total. The van der Waals surface area contributed by atoms with Crippen molar-refractivity contribution < 1.29 is 9.47 Å². The first-order valence-electron chi connectivity index (χ1n) is 8.23. The van der Waals surface area contributed by atoms with E-state index in [1.165, 1.54) is 12.8 Å². The Morgan fingerprint density at radius 1 is 1.14 bits per heavy atom. The molecule has 0 amide bonds. The average molecular weight is 291 g/mol. The van der Waals surface area contributed by atoms with E-state index in [0.717, 1.165) is 36.7 Å². The maximum atomic E-state index is 6.59. The Balaban J connectivity index is 2.15. The van der Waals surface area contributed by atoms with Crippen molar-refractivity contribution in [2.45, 2.75) is 58.1 Å². The van der Waals surface area contributed by atoms with E-state index in [9.17, 15) is 0 Å². The van der Waals surface area contributed by atoms with Gasteiger partial charge in [-0.15, -0.1) is 0 Å². The maximum absolute atomic E-state index is 6.59. The van der Waals surface area contributed by atoms with E-state index in [1.54, 1.807) is 0 Å². The summed E-state index contributed by atoms with van der Waals surface area (Å²) in [7, 11) is 0. The zero-order valence-corrected chi connectivity index (χ0v) is 13.6. The fourth-order valence-corrected chi connectivity index (χ4v) is 3.33. The highest BCUT2D eigenvalue weighted by Gasteiger charge is 2.40. The minimum atomic E-state index is -0.200. The number of rotatable bonds is 6. The molecule has 0 heterocycles. The smallest absolute Gasteiger partial charge is 0.119 e. The highest BCUT2D eigenvalue weighted by molar-refractivity contribution is 5.30. The predicted molar refractivity (Wildman–Crippen MR) is 86.5 cm³/mol. The monoisotopic (exact) mass is 291 g/mol. The second-order valence-electron chi connectivity index (χ2n) is 6.16. The third-order valence-corrected chi connectivity index (χ3v) is 4.67. The second-order valence-corrected chi connectivity index (χ2v) is 6.16. The quantitative estimate of drug-likeness (QED) is 0.859. The van der Waals surface area contributed by atoms with Crippen LogP contribution in [0.1, 0.15) is 58.1 Å². The first kappa shape index (κ1) is 16.3. The molecule has 1 aromatic carbocycles. The van der Waals surface area contributed by atoms with Crippen LogP contribution >= 0.6 is 0 Å². The van der Waals surface area contributed by atoms with Crippen molar-refractivity contribution in [3.8, 4) is 5.75 Å². The zero-order chi connectivity index (χ0) is 15.3. The van der Waals surface area contributed by atoms with Gasteiger partial charge < -0.3 is 15.2 Å². The fourth-order valence-electron chi connectivity index (χ4n) is 3.33. The zero-order valence-electron chi connectivity index (χ0n) is 13.6. The summed E-state index contributed by atoms with van der Waals surface area (Å²) in [6.07, 6.45) is 4.50. The van der Waals surface area contributed by atoms with E-state index in [4.69, 9.17) is 15.2 Å². The van der Waals surface area contributed by atoms with Gasteiger partial charge in [0.25, 0.3) is 0 Å². The van der Waals surface area contributed by atoms with Crippen molar-refractivity contribution in [2.75, 3.05) is 13.2 Å². The third-order valence-electron chi connectivity index (χ3n) is 4.67. The van der Waals surface area contributed by atoms with Crippen LogP contribution in [0, 0.1) is 5.92 Å². The molecule has 0 aromatic heterocycles.